The molecule has 3 aromatic heterocycles. The highest BCUT2D eigenvalue weighted by Crippen LogP contribution is 2.44. The molecule has 42 heavy (non-hydrogen) atoms. The second kappa shape index (κ2) is 11.2. The van der Waals surface area contributed by atoms with E-state index >= 15 is 0 Å². The van der Waals surface area contributed by atoms with Gasteiger partial charge in [0.1, 0.15) is 17.1 Å². The first-order valence-electron chi connectivity index (χ1n) is 12.9. The van der Waals surface area contributed by atoms with Gasteiger partial charge in [-0.15, -0.1) is 10.2 Å². The summed E-state index contributed by atoms with van der Waals surface area (Å²) in [6.07, 6.45) is 1.84. The zero-order valence-electron chi connectivity index (χ0n) is 22.7. The fourth-order valence-corrected chi connectivity index (χ4v) is 6.84. The van der Waals surface area contributed by atoms with Crippen LogP contribution in [0.25, 0.3) is 11.4 Å². The molecule has 0 bridgehead atoms. The van der Waals surface area contributed by atoms with Gasteiger partial charge in [0, 0.05) is 17.0 Å². The Bertz CT molecular complexity index is 1870. The molecule has 2 aromatic carbocycles. The number of halogens is 1. The average molecular weight is 618 g/mol. The molecule has 6 rings (SSSR count). The van der Waals surface area contributed by atoms with Gasteiger partial charge in [-0.1, -0.05) is 65.0 Å². The lowest BCUT2D eigenvalue weighted by molar-refractivity contribution is -0.132. The number of ether oxygens (including phenoxy) is 1. The molecule has 1 N–H and O–H groups in total. The Labute approximate surface area is 254 Å². The maximum absolute atomic E-state index is 13.6. The van der Waals surface area contributed by atoms with Crippen molar-refractivity contribution in [2.24, 2.45) is 0 Å². The molecule has 212 valence electrons. The summed E-state index contributed by atoms with van der Waals surface area (Å²) < 4.78 is 7.78. The summed E-state index contributed by atoms with van der Waals surface area (Å²) >= 11 is 8.66. The molecule has 0 aliphatic carbocycles. The summed E-state index contributed by atoms with van der Waals surface area (Å²) in [6.45, 7) is 3.72. The summed E-state index contributed by atoms with van der Waals surface area (Å²) in [7, 11) is 1.56. The Morgan fingerprint density at radius 2 is 1.81 bits per heavy atom. The zero-order chi connectivity index (χ0) is 29.5. The van der Waals surface area contributed by atoms with Crippen molar-refractivity contribution in [2.45, 2.75) is 30.0 Å². The quantitative estimate of drug-likeness (QED) is 0.0736. The van der Waals surface area contributed by atoms with Crippen LogP contribution in [0.4, 0.5) is 5.13 Å². The van der Waals surface area contributed by atoms with Crippen LogP contribution >= 0.6 is 34.7 Å². The van der Waals surface area contributed by atoms with Crippen molar-refractivity contribution in [3.05, 3.63) is 106 Å². The lowest BCUT2D eigenvalue weighted by Crippen LogP contribution is -2.29. The minimum atomic E-state index is -0.955. The Kier molecular flexibility index (Phi) is 7.48. The molecule has 12 heteroatoms. The monoisotopic (exact) mass is 617 g/mol. The number of hydrogen-bond donors (Lipinski definition) is 1. The zero-order valence-corrected chi connectivity index (χ0v) is 25.1. The van der Waals surface area contributed by atoms with Crippen molar-refractivity contribution < 1.29 is 19.4 Å². The maximum Gasteiger partial charge on any atom is 0.301 e. The van der Waals surface area contributed by atoms with Crippen LogP contribution in [0.1, 0.15) is 34.1 Å². The van der Waals surface area contributed by atoms with Gasteiger partial charge in [0.15, 0.2) is 10.1 Å². The van der Waals surface area contributed by atoms with Crippen LogP contribution < -0.4 is 9.64 Å². The van der Waals surface area contributed by atoms with Gasteiger partial charge in [-0.25, -0.2) is 4.98 Å². The molecule has 9 nitrogen and oxygen atoms in total. The minimum Gasteiger partial charge on any atom is -0.505 e. The summed E-state index contributed by atoms with van der Waals surface area (Å²) in [4.78, 5) is 33.2. The van der Waals surface area contributed by atoms with E-state index in [0.29, 0.717) is 37.8 Å². The number of carbonyl (C=O) groups is 2. The third kappa shape index (κ3) is 4.93. The summed E-state index contributed by atoms with van der Waals surface area (Å²) in [5.74, 6) is -0.746. The molecule has 5 aromatic rings. The number of benzene rings is 2. The number of pyridine rings is 1. The Morgan fingerprint density at radius 1 is 1.07 bits per heavy atom. The number of methoxy groups -OCH3 is 1. The van der Waals surface area contributed by atoms with E-state index in [0.717, 1.165) is 11.1 Å². The van der Waals surface area contributed by atoms with E-state index in [1.807, 2.05) is 60.8 Å². The molecular weight excluding hydrogens is 594 g/mol. The van der Waals surface area contributed by atoms with Crippen LogP contribution in [0.2, 0.25) is 5.02 Å². The van der Waals surface area contributed by atoms with Crippen LogP contribution in [0.3, 0.4) is 0 Å². The van der Waals surface area contributed by atoms with Gasteiger partial charge in [-0.3, -0.25) is 14.5 Å². The lowest BCUT2D eigenvalue weighted by atomic mass is 9.96. The molecule has 1 unspecified atom stereocenters. The molecule has 1 saturated heterocycles. The number of anilines is 1. The molecular formula is C30H24ClN5O4S2. The number of aromatic nitrogens is 4. The molecule has 1 atom stereocenters. The molecule has 4 heterocycles. The minimum absolute atomic E-state index is 0.0695. The van der Waals surface area contributed by atoms with Crippen LogP contribution in [0.5, 0.6) is 5.75 Å². The average Bonchev–Trinajstić information content (AvgIpc) is 3.68. The first kappa shape index (κ1) is 28.0. The number of hydrogen-bond acceptors (Lipinski definition) is 9. The number of amides is 1. The highest BCUT2D eigenvalue weighted by Gasteiger charge is 2.48. The van der Waals surface area contributed by atoms with Gasteiger partial charge in [0.05, 0.1) is 24.4 Å². The smallest absolute Gasteiger partial charge is 0.301 e. The lowest BCUT2D eigenvalue weighted by Gasteiger charge is -2.22. The summed E-state index contributed by atoms with van der Waals surface area (Å²) in [6, 6.07) is 17.3. The van der Waals surface area contributed by atoms with E-state index in [4.69, 9.17) is 16.3 Å². The molecule has 0 saturated carbocycles. The highest BCUT2D eigenvalue weighted by molar-refractivity contribution is 8.00. The van der Waals surface area contributed by atoms with Crippen molar-refractivity contribution in [1.29, 1.82) is 0 Å². The number of aliphatic hydroxyl groups is 1. The number of imidazole rings is 1. The first-order valence-corrected chi connectivity index (χ1v) is 15.0. The number of nitrogens with zero attached hydrogens (tertiary/aromatic N) is 5. The third-order valence-electron chi connectivity index (χ3n) is 7.06. The number of carbonyl (C=O) groups excluding carboxylic acids is 2. The van der Waals surface area contributed by atoms with Gasteiger partial charge in [0.2, 0.25) is 5.13 Å². The third-order valence-corrected chi connectivity index (χ3v) is 9.44. The second-order valence-corrected chi connectivity index (χ2v) is 12.3. The predicted molar refractivity (Wildman–Crippen MR) is 163 cm³/mol. The normalized spacial score (nSPS) is 16.5. The van der Waals surface area contributed by atoms with Gasteiger partial charge in [-0.05, 0) is 60.9 Å². The number of Topliss-reactive ketones (excluding diaryl/α,β-unsaturated/α-hetero) is 1. The molecule has 1 amide bonds. The van der Waals surface area contributed by atoms with Crippen molar-refractivity contribution in [3.63, 3.8) is 0 Å². The van der Waals surface area contributed by atoms with Crippen molar-refractivity contribution >= 4 is 62.9 Å². The van der Waals surface area contributed by atoms with Crippen molar-refractivity contribution in [2.75, 3.05) is 12.0 Å². The van der Waals surface area contributed by atoms with E-state index in [1.165, 1.54) is 28.0 Å². The van der Waals surface area contributed by atoms with Gasteiger partial charge < -0.3 is 14.2 Å². The summed E-state index contributed by atoms with van der Waals surface area (Å²) in [5.41, 5.74) is 4.01. The largest absolute Gasteiger partial charge is 0.505 e. The molecule has 0 radical (unpaired) electrons. The summed E-state index contributed by atoms with van der Waals surface area (Å²) in [5, 5.41) is 21.1. The fourth-order valence-electron chi connectivity index (χ4n) is 4.89. The van der Waals surface area contributed by atoms with E-state index in [1.54, 1.807) is 31.4 Å². The van der Waals surface area contributed by atoms with E-state index in [9.17, 15) is 14.7 Å². The number of aryl methyl sites for hydroxylation is 2. The van der Waals surface area contributed by atoms with Gasteiger partial charge >= 0.3 is 5.91 Å². The van der Waals surface area contributed by atoms with Crippen LogP contribution in [-0.4, -0.2) is 43.5 Å². The number of ketones is 1. The van der Waals surface area contributed by atoms with Crippen LogP contribution in [-0.2, 0) is 15.3 Å². The number of thioether (sulfide) groups is 1. The Hall–Kier alpha value is -4.19. The number of fused-ring (bicyclic) bond motifs is 1. The standard InChI is InChI=1S/C30H24ClN5O4S2/c1-16-5-4-14-35-17(2)23(32-27(16)35)25(37)22-24(19-8-12-21(40-3)13-9-19)36(28(39)26(22)38)29-33-34-30(42-29)41-15-18-6-10-20(31)11-7-18/h4-14,24,37H,15H2,1-3H3. The van der Waals surface area contributed by atoms with E-state index in [2.05, 4.69) is 15.2 Å². The Morgan fingerprint density at radius 3 is 2.50 bits per heavy atom. The van der Waals surface area contributed by atoms with Crippen molar-refractivity contribution in [3.8, 4) is 5.75 Å². The molecule has 1 aliphatic rings. The van der Waals surface area contributed by atoms with Crippen LogP contribution in [0, 0.1) is 13.8 Å². The first-order chi connectivity index (χ1) is 20.3. The van der Waals surface area contributed by atoms with E-state index in [-0.39, 0.29) is 22.2 Å². The second-order valence-electron chi connectivity index (χ2n) is 9.64. The maximum atomic E-state index is 13.6. The van der Waals surface area contributed by atoms with Crippen LogP contribution in [0.15, 0.2) is 76.8 Å². The fraction of sp³-hybridized carbons (Fsp3) is 0.167. The van der Waals surface area contributed by atoms with E-state index < -0.39 is 17.7 Å². The SMILES string of the molecule is COc1ccc(C2C(=C(O)c3nc4c(C)cccn4c3C)C(=O)C(=O)N2c2nnc(SCc3ccc(Cl)cc3)s2)cc1. The molecule has 1 aliphatic heterocycles. The highest BCUT2D eigenvalue weighted by atomic mass is 35.5. The van der Waals surface area contributed by atoms with Crippen molar-refractivity contribution in [1.82, 2.24) is 19.6 Å². The number of rotatable bonds is 7. The molecule has 0 spiro atoms. The topological polar surface area (TPSA) is 110 Å². The van der Waals surface area contributed by atoms with Gasteiger partial charge in [-0.2, -0.15) is 0 Å². The predicted octanol–water partition coefficient (Wildman–Crippen LogP) is 6.38. The number of aliphatic hydroxyl groups excluding tert-OH is 1. The molecule has 1 fully saturated rings. The Balaban J connectivity index is 1.43. The van der Waals surface area contributed by atoms with Gasteiger partial charge in [0.25, 0.3) is 5.78 Å².